The molecule has 0 fully saturated rings. The zero-order valence-corrected chi connectivity index (χ0v) is 11.3. The molecule has 0 saturated carbocycles. The first-order valence-corrected chi connectivity index (χ1v) is 7.53. The van der Waals surface area contributed by atoms with Gasteiger partial charge in [0.2, 0.25) is 0 Å². The van der Waals surface area contributed by atoms with E-state index in [0.29, 0.717) is 0 Å². The van der Waals surface area contributed by atoms with Gasteiger partial charge in [-0.1, -0.05) is 19.3 Å². The number of hydrogen-bond acceptors (Lipinski definition) is 4. The largest absolute Gasteiger partial charge is 0.500 e. The topological polar surface area (TPSA) is 53.7 Å². The van der Waals surface area contributed by atoms with Gasteiger partial charge in [0.25, 0.3) is 0 Å². The Kier molecular flexibility index (Phi) is 9.33. The number of hydrogen-bond donors (Lipinski definition) is 1. The quantitative estimate of drug-likeness (QED) is 0.463. The first-order valence-electron chi connectivity index (χ1n) is 5.60. The Morgan fingerprint density at radius 3 is 1.73 bits per heavy atom. The van der Waals surface area contributed by atoms with Gasteiger partial charge in [0.1, 0.15) is 0 Å². The molecule has 0 aliphatic rings. The van der Waals surface area contributed by atoms with Gasteiger partial charge in [-0.2, -0.15) is 0 Å². The molecule has 0 aromatic carbocycles. The lowest BCUT2D eigenvalue weighted by Crippen LogP contribution is -2.42. The van der Waals surface area contributed by atoms with Gasteiger partial charge < -0.3 is 19.0 Å². The molecule has 0 unspecified atom stereocenters. The van der Waals surface area contributed by atoms with Crippen LogP contribution in [0.1, 0.15) is 32.1 Å². The summed E-state index contributed by atoms with van der Waals surface area (Å²) in [5, 5.41) is 0. The minimum Gasteiger partial charge on any atom is -0.377 e. The Bertz CT molecular complexity index is 134. The second-order valence-electron chi connectivity index (χ2n) is 3.60. The monoisotopic (exact) mass is 235 g/mol. The lowest BCUT2D eigenvalue weighted by atomic mass is 10.2. The Labute approximate surface area is 94.5 Å². The van der Waals surface area contributed by atoms with Crippen molar-refractivity contribution in [1.82, 2.24) is 0 Å². The molecule has 0 saturated heterocycles. The van der Waals surface area contributed by atoms with E-state index in [0.717, 1.165) is 25.4 Å². The van der Waals surface area contributed by atoms with Crippen molar-refractivity contribution in [2.75, 3.05) is 27.9 Å². The van der Waals surface area contributed by atoms with Crippen molar-refractivity contribution in [3.63, 3.8) is 0 Å². The second-order valence-corrected chi connectivity index (χ2v) is 6.69. The fourth-order valence-electron chi connectivity index (χ4n) is 1.57. The molecule has 0 heterocycles. The van der Waals surface area contributed by atoms with E-state index in [9.17, 15) is 0 Å². The maximum atomic E-state index is 5.42. The third-order valence-electron chi connectivity index (χ3n) is 2.62. The number of nitrogens with two attached hydrogens (primary N) is 1. The fraction of sp³-hybridized carbons (Fsp3) is 1.00. The molecule has 0 aromatic heterocycles. The van der Waals surface area contributed by atoms with Crippen LogP contribution in [0.15, 0.2) is 0 Å². The summed E-state index contributed by atoms with van der Waals surface area (Å²) in [6.07, 6.45) is 5.88. The molecule has 0 aliphatic heterocycles. The molecule has 0 spiro atoms. The maximum absolute atomic E-state index is 5.42. The van der Waals surface area contributed by atoms with E-state index in [2.05, 4.69) is 0 Å². The molecule has 5 heteroatoms. The lowest BCUT2D eigenvalue weighted by Gasteiger charge is -2.24. The molecule has 0 aliphatic carbocycles. The van der Waals surface area contributed by atoms with Crippen molar-refractivity contribution in [1.29, 1.82) is 0 Å². The predicted molar refractivity (Wildman–Crippen MR) is 63.7 cm³/mol. The zero-order valence-electron chi connectivity index (χ0n) is 10.3. The Balaban J connectivity index is 3.54. The molecule has 0 bridgehead atoms. The molecule has 15 heavy (non-hydrogen) atoms. The summed E-state index contributed by atoms with van der Waals surface area (Å²) in [4.78, 5) is 0. The van der Waals surface area contributed by atoms with Crippen molar-refractivity contribution in [2.24, 2.45) is 5.73 Å². The van der Waals surface area contributed by atoms with Gasteiger partial charge in [-0.15, -0.1) is 0 Å². The summed E-state index contributed by atoms with van der Waals surface area (Å²) in [7, 11) is 2.67. The highest BCUT2D eigenvalue weighted by Gasteiger charge is 2.36. The highest BCUT2D eigenvalue weighted by Crippen LogP contribution is 2.17. The van der Waals surface area contributed by atoms with Gasteiger partial charge in [-0.25, -0.2) is 0 Å². The zero-order chi connectivity index (χ0) is 11.6. The van der Waals surface area contributed by atoms with Crippen LogP contribution in [-0.2, 0) is 13.3 Å². The molecular weight excluding hydrogens is 210 g/mol. The minimum absolute atomic E-state index is 0.799. The smallest absolute Gasteiger partial charge is 0.377 e. The van der Waals surface area contributed by atoms with Crippen LogP contribution in [0, 0.1) is 0 Å². The van der Waals surface area contributed by atoms with E-state index in [4.69, 9.17) is 19.0 Å². The lowest BCUT2D eigenvalue weighted by molar-refractivity contribution is 0.122. The van der Waals surface area contributed by atoms with Gasteiger partial charge in [0.05, 0.1) is 0 Å². The van der Waals surface area contributed by atoms with Crippen molar-refractivity contribution < 1.29 is 13.3 Å². The summed E-state index contributed by atoms with van der Waals surface area (Å²) in [6, 6.07) is 0.902. The predicted octanol–water partition coefficient (Wildman–Crippen LogP) is 1.77. The fourth-order valence-corrected chi connectivity index (χ4v) is 3.37. The van der Waals surface area contributed by atoms with Crippen molar-refractivity contribution in [3.05, 3.63) is 0 Å². The van der Waals surface area contributed by atoms with Gasteiger partial charge in [0.15, 0.2) is 0 Å². The van der Waals surface area contributed by atoms with E-state index in [-0.39, 0.29) is 0 Å². The standard InChI is InChI=1S/C10H25NO3Si/c1-12-15(13-2,14-3)10-8-6-4-5-7-9-11/h4-11H2,1-3H3. The van der Waals surface area contributed by atoms with Crippen LogP contribution in [0.2, 0.25) is 6.04 Å². The maximum Gasteiger partial charge on any atom is 0.500 e. The number of rotatable bonds is 10. The summed E-state index contributed by atoms with van der Waals surface area (Å²) < 4.78 is 16.0. The molecule has 0 rings (SSSR count). The molecule has 4 nitrogen and oxygen atoms in total. The van der Waals surface area contributed by atoms with Crippen LogP contribution in [0.5, 0.6) is 0 Å². The van der Waals surface area contributed by atoms with E-state index in [1.54, 1.807) is 21.3 Å². The Hall–Kier alpha value is 0.0569. The van der Waals surface area contributed by atoms with Crippen LogP contribution in [0.25, 0.3) is 0 Å². The summed E-state index contributed by atoms with van der Waals surface area (Å²) in [5.41, 5.74) is 5.42. The van der Waals surface area contributed by atoms with E-state index in [1.165, 1.54) is 19.3 Å². The van der Waals surface area contributed by atoms with Gasteiger partial charge >= 0.3 is 8.80 Å². The summed E-state index contributed by atoms with van der Waals surface area (Å²) >= 11 is 0. The highest BCUT2D eigenvalue weighted by atomic mass is 28.4. The van der Waals surface area contributed by atoms with Gasteiger partial charge in [-0.3, -0.25) is 0 Å². The van der Waals surface area contributed by atoms with E-state index < -0.39 is 8.80 Å². The molecular formula is C10H25NO3Si. The normalized spacial score (nSPS) is 12.0. The van der Waals surface area contributed by atoms with Crippen LogP contribution in [0.4, 0.5) is 0 Å². The summed E-state index contributed by atoms with van der Waals surface area (Å²) in [6.45, 7) is 0.799. The van der Waals surface area contributed by atoms with Crippen LogP contribution < -0.4 is 5.73 Å². The average molecular weight is 235 g/mol. The van der Waals surface area contributed by atoms with Crippen molar-refractivity contribution >= 4 is 8.80 Å². The van der Waals surface area contributed by atoms with Crippen LogP contribution in [-0.4, -0.2) is 36.7 Å². The molecule has 0 radical (unpaired) electrons. The second kappa shape index (κ2) is 9.29. The van der Waals surface area contributed by atoms with E-state index >= 15 is 0 Å². The third-order valence-corrected chi connectivity index (χ3v) is 5.45. The summed E-state index contributed by atoms with van der Waals surface area (Å²) in [5.74, 6) is 0. The van der Waals surface area contributed by atoms with Crippen molar-refractivity contribution in [3.8, 4) is 0 Å². The SMILES string of the molecule is CO[Si](CCCCCCCN)(OC)OC. The van der Waals surface area contributed by atoms with Crippen LogP contribution >= 0.6 is 0 Å². The van der Waals surface area contributed by atoms with Crippen LogP contribution in [0.3, 0.4) is 0 Å². The van der Waals surface area contributed by atoms with E-state index in [1.807, 2.05) is 0 Å². The minimum atomic E-state index is -2.31. The number of unbranched alkanes of at least 4 members (excludes halogenated alkanes) is 4. The molecule has 0 aromatic rings. The third kappa shape index (κ3) is 6.27. The highest BCUT2D eigenvalue weighted by molar-refractivity contribution is 6.60. The first-order chi connectivity index (χ1) is 7.24. The van der Waals surface area contributed by atoms with Crippen molar-refractivity contribution in [2.45, 2.75) is 38.1 Å². The Morgan fingerprint density at radius 1 is 0.800 bits per heavy atom. The Morgan fingerprint density at radius 2 is 1.27 bits per heavy atom. The molecule has 0 amide bonds. The molecule has 0 atom stereocenters. The molecule has 2 N–H and O–H groups in total. The van der Waals surface area contributed by atoms with Gasteiger partial charge in [0, 0.05) is 27.4 Å². The molecule has 92 valence electrons. The first kappa shape index (κ1) is 15.1. The van der Waals surface area contributed by atoms with Gasteiger partial charge in [-0.05, 0) is 19.4 Å². The average Bonchev–Trinajstić information content (AvgIpc) is 2.29.